The van der Waals surface area contributed by atoms with Gasteiger partial charge in [-0.15, -0.1) is 0 Å². The van der Waals surface area contributed by atoms with E-state index in [4.69, 9.17) is 5.73 Å². The molecule has 1 aromatic rings. The predicted octanol–water partition coefficient (Wildman–Crippen LogP) is 1.36. The summed E-state index contributed by atoms with van der Waals surface area (Å²) in [6, 6.07) is 7.84. The third-order valence-electron chi connectivity index (χ3n) is 3.53. The second-order valence-corrected chi connectivity index (χ2v) is 5.12. The zero-order chi connectivity index (χ0) is 13.1. The Morgan fingerprint density at radius 2 is 1.94 bits per heavy atom. The molecule has 0 radical (unpaired) electrons. The molecule has 0 aliphatic heterocycles. The first-order valence-electron chi connectivity index (χ1n) is 6.42. The van der Waals surface area contributed by atoms with Gasteiger partial charge in [0.1, 0.15) is 0 Å². The van der Waals surface area contributed by atoms with Crippen LogP contribution in [0.15, 0.2) is 24.3 Å². The minimum atomic E-state index is -0.0253. The molecule has 0 heterocycles. The van der Waals surface area contributed by atoms with Gasteiger partial charge in [-0.3, -0.25) is 4.79 Å². The average Bonchev–Trinajstić information content (AvgIpc) is 2.75. The number of anilines is 1. The van der Waals surface area contributed by atoms with Crippen LogP contribution in [-0.2, 0) is 0 Å². The van der Waals surface area contributed by atoms with Crippen LogP contribution in [0.4, 0.5) is 5.69 Å². The molecule has 0 aromatic heterocycles. The smallest absolute Gasteiger partial charge is 0.251 e. The maximum atomic E-state index is 12.0. The molecule has 18 heavy (non-hydrogen) atoms. The Labute approximate surface area is 108 Å². The maximum absolute atomic E-state index is 12.0. The number of carbonyl (C=O) groups excluding carboxylic acids is 1. The molecule has 0 bridgehead atoms. The van der Waals surface area contributed by atoms with Crippen molar-refractivity contribution in [2.45, 2.75) is 31.3 Å². The fourth-order valence-corrected chi connectivity index (χ4v) is 2.33. The quantitative estimate of drug-likeness (QED) is 0.848. The van der Waals surface area contributed by atoms with E-state index in [0.717, 1.165) is 24.9 Å². The number of hydrogen-bond acceptors (Lipinski definition) is 3. The number of carbonyl (C=O) groups is 1. The van der Waals surface area contributed by atoms with Gasteiger partial charge in [0.15, 0.2) is 0 Å². The van der Waals surface area contributed by atoms with Crippen LogP contribution >= 0.6 is 0 Å². The van der Waals surface area contributed by atoms with Crippen LogP contribution in [0.2, 0.25) is 0 Å². The monoisotopic (exact) mass is 247 g/mol. The minimum Gasteiger partial charge on any atom is -0.378 e. The molecular formula is C14H21N3O. The maximum Gasteiger partial charge on any atom is 0.251 e. The molecule has 1 saturated carbocycles. The van der Waals surface area contributed by atoms with Gasteiger partial charge in [-0.05, 0) is 43.5 Å². The molecule has 2 unspecified atom stereocenters. The van der Waals surface area contributed by atoms with Crippen LogP contribution in [0.3, 0.4) is 0 Å². The summed E-state index contributed by atoms with van der Waals surface area (Å²) in [6.07, 6.45) is 3.10. The van der Waals surface area contributed by atoms with E-state index in [1.807, 2.05) is 43.3 Å². The van der Waals surface area contributed by atoms with Gasteiger partial charge in [0, 0.05) is 37.4 Å². The molecule has 4 heteroatoms. The van der Waals surface area contributed by atoms with Crippen molar-refractivity contribution in [1.82, 2.24) is 5.32 Å². The molecule has 1 aliphatic rings. The fraction of sp³-hybridized carbons (Fsp3) is 0.500. The topological polar surface area (TPSA) is 58.4 Å². The normalized spacial score (nSPS) is 22.8. The van der Waals surface area contributed by atoms with Crippen LogP contribution in [0.5, 0.6) is 0 Å². The van der Waals surface area contributed by atoms with E-state index in [1.54, 1.807) is 0 Å². The van der Waals surface area contributed by atoms with Crippen LogP contribution in [0.1, 0.15) is 29.6 Å². The predicted molar refractivity (Wildman–Crippen MR) is 73.8 cm³/mol. The molecule has 1 aliphatic carbocycles. The van der Waals surface area contributed by atoms with Gasteiger partial charge in [0.25, 0.3) is 5.91 Å². The molecule has 2 atom stereocenters. The largest absolute Gasteiger partial charge is 0.378 e. The summed E-state index contributed by atoms with van der Waals surface area (Å²) in [5, 5.41) is 3.02. The van der Waals surface area contributed by atoms with E-state index in [1.165, 1.54) is 0 Å². The van der Waals surface area contributed by atoms with Crippen LogP contribution in [0, 0.1) is 0 Å². The molecule has 1 fully saturated rings. The van der Waals surface area contributed by atoms with Gasteiger partial charge in [0.2, 0.25) is 0 Å². The lowest BCUT2D eigenvalue weighted by Crippen LogP contribution is -2.43. The highest BCUT2D eigenvalue weighted by Crippen LogP contribution is 2.18. The summed E-state index contributed by atoms with van der Waals surface area (Å²) >= 11 is 0. The average molecular weight is 247 g/mol. The SMILES string of the molecule is CN(C)c1ccc(C(=O)NC2CCCC2N)cc1. The standard InChI is InChI=1S/C14H21N3O/c1-17(2)11-8-6-10(7-9-11)14(18)16-13-5-3-4-12(13)15/h6-9,12-13H,3-5,15H2,1-2H3,(H,16,18). The summed E-state index contributed by atoms with van der Waals surface area (Å²) in [7, 11) is 3.96. The Balaban J connectivity index is 2.00. The number of benzene rings is 1. The fourth-order valence-electron chi connectivity index (χ4n) is 2.33. The number of hydrogen-bond donors (Lipinski definition) is 2. The van der Waals surface area contributed by atoms with E-state index in [0.29, 0.717) is 5.56 Å². The summed E-state index contributed by atoms with van der Waals surface area (Å²) in [6.45, 7) is 0. The number of rotatable bonds is 3. The van der Waals surface area contributed by atoms with Crippen molar-refractivity contribution in [3.8, 4) is 0 Å². The third kappa shape index (κ3) is 2.82. The van der Waals surface area contributed by atoms with Gasteiger partial charge in [-0.25, -0.2) is 0 Å². The summed E-state index contributed by atoms with van der Waals surface area (Å²) < 4.78 is 0. The van der Waals surface area contributed by atoms with E-state index in [9.17, 15) is 4.79 Å². The molecule has 2 rings (SSSR count). The number of nitrogens with one attached hydrogen (secondary N) is 1. The lowest BCUT2D eigenvalue weighted by molar-refractivity contribution is 0.0934. The second-order valence-electron chi connectivity index (χ2n) is 5.12. The van der Waals surface area contributed by atoms with Gasteiger partial charge in [-0.1, -0.05) is 0 Å². The highest BCUT2D eigenvalue weighted by atomic mass is 16.1. The van der Waals surface area contributed by atoms with E-state index in [-0.39, 0.29) is 18.0 Å². The highest BCUT2D eigenvalue weighted by molar-refractivity contribution is 5.94. The molecular weight excluding hydrogens is 226 g/mol. The van der Waals surface area contributed by atoms with E-state index < -0.39 is 0 Å². The molecule has 1 amide bonds. The van der Waals surface area contributed by atoms with Crippen LogP contribution < -0.4 is 16.0 Å². The van der Waals surface area contributed by atoms with Gasteiger partial charge < -0.3 is 16.0 Å². The Morgan fingerprint density at radius 3 is 2.44 bits per heavy atom. The van der Waals surface area contributed by atoms with Crippen LogP contribution in [-0.4, -0.2) is 32.1 Å². The minimum absolute atomic E-state index is 0.0253. The van der Waals surface area contributed by atoms with E-state index >= 15 is 0 Å². The number of nitrogens with two attached hydrogens (primary N) is 1. The van der Waals surface area contributed by atoms with Crippen LogP contribution in [0.25, 0.3) is 0 Å². The zero-order valence-corrected chi connectivity index (χ0v) is 11.0. The number of amides is 1. The number of nitrogens with zero attached hydrogens (tertiary/aromatic N) is 1. The van der Waals surface area contributed by atoms with Crippen molar-refractivity contribution in [3.05, 3.63) is 29.8 Å². The molecule has 0 spiro atoms. The lowest BCUT2D eigenvalue weighted by Gasteiger charge is -2.18. The zero-order valence-electron chi connectivity index (χ0n) is 11.0. The Bertz CT molecular complexity index is 414. The van der Waals surface area contributed by atoms with Crippen molar-refractivity contribution in [3.63, 3.8) is 0 Å². The van der Waals surface area contributed by atoms with Crippen molar-refractivity contribution < 1.29 is 4.79 Å². The molecule has 0 saturated heterocycles. The highest BCUT2D eigenvalue weighted by Gasteiger charge is 2.25. The first-order valence-corrected chi connectivity index (χ1v) is 6.42. The first-order chi connectivity index (χ1) is 8.58. The molecule has 4 nitrogen and oxygen atoms in total. The summed E-state index contributed by atoms with van der Waals surface area (Å²) in [5.74, 6) is -0.0253. The Morgan fingerprint density at radius 1 is 1.28 bits per heavy atom. The lowest BCUT2D eigenvalue weighted by atomic mass is 10.1. The summed E-state index contributed by atoms with van der Waals surface area (Å²) in [5.41, 5.74) is 7.73. The Kier molecular flexibility index (Phi) is 3.87. The van der Waals surface area contributed by atoms with E-state index in [2.05, 4.69) is 5.32 Å². The van der Waals surface area contributed by atoms with Crippen molar-refractivity contribution in [2.75, 3.05) is 19.0 Å². The van der Waals surface area contributed by atoms with Crippen molar-refractivity contribution >= 4 is 11.6 Å². The van der Waals surface area contributed by atoms with Crippen molar-refractivity contribution in [1.29, 1.82) is 0 Å². The summed E-state index contributed by atoms with van der Waals surface area (Å²) in [4.78, 5) is 14.1. The second kappa shape index (κ2) is 5.40. The van der Waals surface area contributed by atoms with Gasteiger partial charge in [0.05, 0.1) is 0 Å². The Hall–Kier alpha value is -1.55. The first kappa shape index (κ1) is 12.9. The molecule has 1 aromatic carbocycles. The third-order valence-corrected chi connectivity index (χ3v) is 3.53. The molecule has 98 valence electrons. The van der Waals surface area contributed by atoms with Crippen molar-refractivity contribution in [2.24, 2.45) is 5.73 Å². The van der Waals surface area contributed by atoms with Gasteiger partial charge >= 0.3 is 0 Å². The van der Waals surface area contributed by atoms with Gasteiger partial charge in [-0.2, -0.15) is 0 Å². The molecule has 3 N–H and O–H groups in total.